The molecule has 2 nitrogen and oxygen atoms in total. The summed E-state index contributed by atoms with van der Waals surface area (Å²) in [6.45, 7) is 0. The largest absolute Gasteiger partial charge is 0.210 e. The van der Waals surface area contributed by atoms with Crippen LogP contribution >= 0.6 is 0 Å². The van der Waals surface area contributed by atoms with E-state index in [0.717, 1.165) is 0 Å². The van der Waals surface area contributed by atoms with E-state index in [9.17, 15) is 0 Å². The normalized spacial score (nSPS) is 6.67. The van der Waals surface area contributed by atoms with Gasteiger partial charge in [-0.25, -0.2) is 4.78 Å². The van der Waals surface area contributed by atoms with Crippen molar-refractivity contribution in [2.75, 3.05) is 0 Å². The van der Waals surface area contributed by atoms with Crippen molar-refractivity contribution < 1.29 is 4.21 Å². The summed E-state index contributed by atoms with van der Waals surface area (Å²) in [6, 6.07) is 12.0. The van der Waals surface area contributed by atoms with Crippen LogP contribution in [0.15, 0.2) is 36.4 Å². The van der Waals surface area contributed by atoms with Crippen molar-refractivity contribution >= 4 is 11.5 Å². The highest BCUT2D eigenvalue weighted by molar-refractivity contribution is 7.53. The van der Waals surface area contributed by atoms with Gasteiger partial charge < -0.3 is 0 Å². The lowest BCUT2D eigenvalue weighted by atomic mass is 10.4. The van der Waals surface area contributed by atoms with Crippen molar-refractivity contribution in [3.05, 3.63) is 36.4 Å². The van der Waals surface area contributed by atoms with Crippen LogP contribution in [-0.2, 0) is 11.5 Å². The van der Waals surface area contributed by atoms with Gasteiger partial charge in [-0.2, -0.15) is 4.21 Å². The van der Waals surface area contributed by atoms with E-state index in [1.54, 1.807) is 0 Å². The van der Waals surface area contributed by atoms with Crippen LogP contribution in [-0.4, -0.2) is 4.21 Å². The molecule has 0 atom stereocenters. The number of hydrogen-bond acceptors (Lipinski definition) is 2. The lowest BCUT2D eigenvalue weighted by Crippen LogP contribution is -1.47. The molecule has 9 heavy (non-hydrogen) atoms. The van der Waals surface area contributed by atoms with Gasteiger partial charge in [0.25, 0.3) is 0 Å². The van der Waals surface area contributed by atoms with Crippen LogP contribution in [0.25, 0.3) is 0 Å². The molecule has 3 heteroatoms. The quantitative estimate of drug-likeness (QED) is 0.586. The van der Waals surface area contributed by atoms with Crippen LogP contribution in [0.5, 0.6) is 0 Å². The second kappa shape index (κ2) is 7.04. The van der Waals surface area contributed by atoms with Gasteiger partial charge in [0.05, 0.1) is 0 Å². The average Bonchev–Trinajstić information content (AvgIpc) is 1.93. The van der Waals surface area contributed by atoms with Gasteiger partial charge in [0.2, 0.25) is 0 Å². The summed E-state index contributed by atoms with van der Waals surface area (Å²) >= 11 is -0.250. The minimum Gasteiger partial charge on any atom is -0.210 e. The Kier molecular flexibility index (Phi) is 6.29. The molecule has 0 unspecified atom stereocenters. The van der Waals surface area contributed by atoms with E-state index < -0.39 is 0 Å². The molecule has 0 amide bonds. The monoisotopic (exact) mass is 141 g/mol. The first-order chi connectivity index (χ1) is 4.41. The maximum Gasteiger partial charge on any atom is 0.196 e. The zero-order chi connectivity index (χ0) is 6.95. The SMILES string of the molecule is N=S=O.c1ccccc1. The molecule has 0 spiro atoms. The summed E-state index contributed by atoms with van der Waals surface area (Å²) < 4.78 is 14.1. The van der Waals surface area contributed by atoms with E-state index in [-0.39, 0.29) is 11.5 Å². The van der Waals surface area contributed by atoms with Crippen LogP contribution < -0.4 is 0 Å². The second-order valence-corrected chi connectivity index (χ2v) is 1.40. The molecule has 1 aromatic carbocycles. The molecule has 0 heterocycles. The Labute approximate surface area is 57.6 Å². The minimum absolute atomic E-state index is 0.250. The highest BCUT2D eigenvalue weighted by atomic mass is 32.1. The molecule has 0 saturated carbocycles. The van der Waals surface area contributed by atoms with E-state index >= 15 is 0 Å². The number of benzene rings is 1. The summed E-state index contributed by atoms with van der Waals surface area (Å²) in [7, 11) is 0. The number of rotatable bonds is 0. The maximum absolute atomic E-state index is 8.51. The Morgan fingerprint density at radius 3 is 1.11 bits per heavy atom. The Morgan fingerprint density at radius 1 is 0.889 bits per heavy atom. The van der Waals surface area contributed by atoms with E-state index in [2.05, 4.69) is 0 Å². The van der Waals surface area contributed by atoms with Crippen LogP contribution in [0.2, 0.25) is 0 Å². The zero-order valence-electron chi connectivity index (χ0n) is 4.78. The van der Waals surface area contributed by atoms with Crippen molar-refractivity contribution in [2.24, 2.45) is 0 Å². The van der Waals surface area contributed by atoms with Gasteiger partial charge in [-0.05, 0) is 0 Å². The van der Waals surface area contributed by atoms with E-state index in [0.29, 0.717) is 0 Å². The van der Waals surface area contributed by atoms with Crippen molar-refractivity contribution in [1.29, 1.82) is 4.78 Å². The molecule has 1 N–H and O–H groups in total. The fraction of sp³-hybridized carbons (Fsp3) is 0. The first kappa shape index (κ1) is 8.04. The molecule has 0 aliphatic rings. The molecule has 0 fully saturated rings. The van der Waals surface area contributed by atoms with E-state index in [1.165, 1.54) is 0 Å². The molecule has 1 rings (SSSR count). The fourth-order valence-electron chi connectivity index (χ4n) is 0.385. The van der Waals surface area contributed by atoms with E-state index in [4.69, 9.17) is 8.99 Å². The molecular weight excluding hydrogens is 134 g/mol. The Morgan fingerprint density at radius 2 is 1.00 bits per heavy atom. The molecule has 48 valence electrons. The maximum atomic E-state index is 8.51. The van der Waals surface area contributed by atoms with Gasteiger partial charge in [-0.3, -0.25) is 0 Å². The van der Waals surface area contributed by atoms with Crippen molar-refractivity contribution in [3.8, 4) is 0 Å². The van der Waals surface area contributed by atoms with Gasteiger partial charge in [-0.15, -0.1) is 0 Å². The lowest BCUT2D eigenvalue weighted by Gasteiger charge is -1.69. The topological polar surface area (TPSA) is 40.9 Å². The summed E-state index contributed by atoms with van der Waals surface area (Å²) in [5, 5.41) is 0. The zero-order valence-corrected chi connectivity index (χ0v) is 5.60. The third kappa shape index (κ3) is 7.04. The predicted octanol–water partition coefficient (Wildman–Crippen LogP) is 1.65. The lowest BCUT2D eigenvalue weighted by molar-refractivity contribution is 0.697. The van der Waals surface area contributed by atoms with Crippen LogP contribution in [0.3, 0.4) is 0 Å². The molecule has 0 saturated heterocycles. The van der Waals surface area contributed by atoms with Gasteiger partial charge in [0, 0.05) is 0 Å². The van der Waals surface area contributed by atoms with Crippen molar-refractivity contribution in [3.63, 3.8) is 0 Å². The molecular formula is C6H7NOS. The standard InChI is InChI=1S/C6H6.HNOS/c1-2-4-6-5-3-1;1-3-2/h1-6H;1H. The van der Waals surface area contributed by atoms with Crippen molar-refractivity contribution in [2.45, 2.75) is 0 Å². The molecule has 0 aromatic heterocycles. The predicted molar refractivity (Wildman–Crippen MR) is 37.3 cm³/mol. The Bertz CT molecular complexity index is 143. The minimum atomic E-state index is -0.250. The van der Waals surface area contributed by atoms with Crippen LogP contribution in [0.1, 0.15) is 0 Å². The van der Waals surface area contributed by atoms with Crippen molar-refractivity contribution in [1.82, 2.24) is 0 Å². The highest BCUT2D eigenvalue weighted by Crippen LogP contribution is 1.79. The summed E-state index contributed by atoms with van der Waals surface area (Å²) in [5.74, 6) is 0. The molecule has 0 aliphatic heterocycles. The molecule has 0 bridgehead atoms. The third-order valence-electron chi connectivity index (χ3n) is 0.667. The van der Waals surface area contributed by atoms with Crippen LogP contribution in [0, 0.1) is 4.78 Å². The first-order valence-corrected chi connectivity index (χ1v) is 3.11. The third-order valence-corrected chi connectivity index (χ3v) is 0.667. The van der Waals surface area contributed by atoms with Gasteiger partial charge >= 0.3 is 0 Å². The fourth-order valence-corrected chi connectivity index (χ4v) is 0.385. The number of hydrogen-bond donors (Lipinski definition) is 1. The average molecular weight is 141 g/mol. The van der Waals surface area contributed by atoms with Gasteiger partial charge in [0.1, 0.15) is 0 Å². The molecule has 1 aromatic rings. The van der Waals surface area contributed by atoms with Gasteiger partial charge in [-0.1, -0.05) is 36.4 Å². The first-order valence-electron chi connectivity index (χ1n) is 2.37. The van der Waals surface area contributed by atoms with E-state index in [1.807, 2.05) is 36.4 Å². The second-order valence-electron chi connectivity index (χ2n) is 1.24. The molecule has 0 radical (unpaired) electrons. The van der Waals surface area contributed by atoms with Crippen LogP contribution in [0.4, 0.5) is 0 Å². The summed E-state index contributed by atoms with van der Waals surface area (Å²) in [5.41, 5.74) is 0. The number of nitrogens with one attached hydrogen (secondary N) is 1. The van der Waals surface area contributed by atoms with Gasteiger partial charge in [0.15, 0.2) is 11.5 Å². The highest BCUT2D eigenvalue weighted by Gasteiger charge is 1.57. The molecule has 0 aliphatic carbocycles. The Balaban J connectivity index is 0.000000187. The smallest absolute Gasteiger partial charge is 0.196 e. The Hall–Kier alpha value is -0.960. The summed E-state index contributed by atoms with van der Waals surface area (Å²) in [6.07, 6.45) is 0. The summed E-state index contributed by atoms with van der Waals surface area (Å²) in [4.78, 5) is 0.